The molecule has 8 nitrogen and oxygen atoms in total. The average molecular weight is 412 g/mol. The van der Waals surface area contributed by atoms with Gasteiger partial charge < -0.3 is 9.80 Å². The summed E-state index contributed by atoms with van der Waals surface area (Å²) in [6.45, 7) is 9.28. The van der Waals surface area contributed by atoms with Crippen LogP contribution >= 0.6 is 0 Å². The predicted molar refractivity (Wildman–Crippen MR) is 109 cm³/mol. The highest BCUT2D eigenvalue weighted by molar-refractivity contribution is 7.88. The number of hydrogen-bond acceptors (Lipinski definition) is 5. The first-order chi connectivity index (χ1) is 13.3. The maximum absolute atomic E-state index is 12.9. The van der Waals surface area contributed by atoms with E-state index in [0.717, 1.165) is 38.3 Å². The molecule has 1 amide bonds. The molecule has 2 aliphatic heterocycles. The fourth-order valence-electron chi connectivity index (χ4n) is 4.30. The number of carbonyl (C=O) groups is 1. The second-order valence-electron chi connectivity index (χ2n) is 7.95. The summed E-state index contributed by atoms with van der Waals surface area (Å²) in [5, 5.41) is 4.35. The fraction of sp³-hybridized carbons (Fsp3) is 0.789. The van der Waals surface area contributed by atoms with Gasteiger partial charge in [0.05, 0.1) is 17.5 Å². The van der Waals surface area contributed by atoms with Gasteiger partial charge in [0.1, 0.15) is 0 Å². The molecule has 158 valence electrons. The predicted octanol–water partition coefficient (Wildman–Crippen LogP) is 1.17. The summed E-state index contributed by atoms with van der Waals surface area (Å²) in [6.07, 6.45) is 7.06. The minimum absolute atomic E-state index is 0.0507. The van der Waals surface area contributed by atoms with Crippen LogP contribution in [0, 0.1) is 6.92 Å². The number of aromatic nitrogens is 2. The zero-order valence-corrected chi connectivity index (χ0v) is 18.1. The summed E-state index contributed by atoms with van der Waals surface area (Å²) in [5.41, 5.74) is 1.34. The first-order valence-electron chi connectivity index (χ1n) is 10.3. The number of aryl methyl sites for hydroxylation is 2. The van der Waals surface area contributed by atoms with E-state index in [0.29, 0.717) is 31.6 Å². The summed E-state index contributed by atoms with van der Waals surface area (Å²) >= 11 is 0. The molecule has 0 N–H and O–H groups in total. The zero-order valence-electron chi connectivity index (χ0n) is 17.3. The van der Waals surface area contributed by atoms with Crippen LogP contribution in [0.1, 0.15) is 48.7 Å². The molecule has 0 radical (unpaired) electrons. The van der Waals surface area contributed by atoms with Crippen LogP contribution in [-0.4, -0.2) is 89.8 Å². The lowest BCUT2D eigenvalue weighted by Gasteiger charge is -2.27. The molecule has 2 aliphatic rings. The summed E-state index contributed by atoms with van der Waals surface area (Å²) in [7, 11) is -3.31. The SMILES string of the molecule is CCn1cc(C(=O)N2CCC(N(CCCN3CCCC3)S(C)(=O)=O)C2)c(C)n1. The van der Waals surface area contributed by atoms with Gasteiger partial charge in [-0.15, -0.1) is 0 Å². The third-order valence-electron chi connectivity index (χ3n) is 5.84. The monoisotopic (exact) mass is 411 g/mol. The lowest BCUT2D eigenvalue weighted by molar-refractivity contribution is 0.0783. The van der Waals surface area contributed by atoms with Crippen LogP contribution in [0.2, 0.25) is 0 Å². The first kappa shape index (κ1) is 21.3. The van der Waals surface area contributed by atoms with E-state index in [1.54, 1.807) is 20.1 Å². The van der Waals surface area contributed by atoms with Gasteiger partial charge in [-0.1, -0.05) is 0 Å². The second-order valence-corrected chi connectivity index (χ2v) is 9.89. The molecule has 3 rings (SSSR count). The zero-order chi connectivity index (χ0) is 20.3. The van der Waals surface area contributed by atoms with Crippen LogP contribution in [-0.2, 0) is 16.6 Å². The molecule has 0 spiro atoms. The quantitative estimate of drug-likeness (QED) is 0.642. The minimum Gasteiger partial charge on any atom is -0.337 e. The molecule has 9 heteroatoms. The summed E-state index contributed by atoms with van der Waals surface area (Å²) in [5.74, 6) is -0.0507. The van der Waals surface area contributed by atoms with Crippen LogP contribution in [0.3, 0.4) is 0 Å². The van der Waals surface area contributed by atoms with E-state index < -0.39 is 10.0 Å². The number of likely N-dealkylation sites (tertiary alicyclic amines) is 2. The molecule has 1 aromatic heterocycles. The molecule has 0 saturated carbocycles. The number of rotatable bonds is 8. The normalized spacial score (nSPS) is 21.1. The van der Waals surface area contributed by atoms with E-state index in [1.807, 2.05) is 13.8 Å². The number of sulfonamides is 1. The van der Waals surface area contributed by atoms with Crippen molar-refractivity contribution in [2.24, 2.45) is 0 Å². The first-order valence-corrected chi connectivity index (χ1v) is 12.2. The van der Waals surface area contributed by atoms with Gasteiger partial charge in [0, 0.05) is 38.4 Å². The van der Waals surface area contributed by atoms with Crippen molar-refractivity contribution in [3.63, 3.8) is 0 Å². The second kappa shape index (κ2) is 8.92. The maximum Gasteiger partial charge on any atom is 0.257 e. The minimum atomic E-state index is -3.31. The lowest BCUT2D eigenvalue weighted by Crippen LogP contribution is -2.43. The van der Waals surface area contributed by atoms with Gasteiger partial charge in [-0.05, 0) is 59.2 Å². The van der Waals surface area contributed by atoms with Crippen molar-refractivity contribution >= 4 is 15.9 Å². The van der Waals surface area contributed by atoms with E-state index in [1.165, 1.54) is 19.1 Å². The van der Waals surface area contributed by atoms with E-state index in [9.17, 15) is 13.2 Å². The summed E-state index contributed by atoms with van der Waals surface area (Å²) in [6, 6.07) is -0.140. The molecule has 0 bridgehead atoms. The highest BCUT2D eigenvalue weighted by Gasteiger charge is 2.35. The Morgan fingerprint density at radius 2 is 2.00 bits per heavy atom. The molecule has 2 saturated heterocycles. The van der Waals surface area contributed by atoms with Crippen LogP contribution in [0.15, 0.2) is 6.20 Å². The Kier molecular flexibility index (Phi) is 6.77. The van der Waals surface area contributed by atoms with Crippen molar-refractivity contribution in [3.05, 3.63) is 17.5 Å². The highest BCUT2D eigenvalue weighted by Crippen LogP contribution is 2.22. The molecule has 0 aromatic carbocycles. The van der Waals surface area contributed by atoms with E-state index >= 15 is 0 Å². The van der Waals surface area contributed by atoms with Crippen LogP contribution in [0.5, 0.6) is 0 Å². The Hall–Kier alpha value is -1.45. The van der Waals surface area contributed by atoms with Crippen molar-refractivity contribution in [1.29, 1.82) is 0 Å². The molecule has 28 heavy (non-hydrogen) atoms. The Morgan fingerprint density at radius 1 is 1.29 bits per heavy atom. The van der Waals surface area contributed by atoms with Gasteiger partial charge in [0.2, 0.25) is 10.0 Å². The van der Waals surface area contributed by atoms with E-state index in [-0.39, 0.29) is 11.9 Å². The van der Waals surface area contributed by atoms with Crippen molar-refractivity contribution < 1.29 is 13.2 Å². The molecule has 1 atom stereocenters. The van der Waals surface area contributed by atoms with Gasteiger partial charge >= 0.3 is 0 Å². The topological polar surface area (TPSA) is 78.8 Å². The highest BCUT2D eigenvalue weighted by atomic mass is 32.2. The number of carbonyl (C=O) groups excluding carboxylic acids is 1. The molecule has 1 unspecified atom stereocenters. The van der Waals surface area contributed by atoms with Gasteiger partial charge in [-0.2, -0.15) is 9.40 Å². The van der Waals surface area contributed by atoms with Gasteiger partial charge in [0.15, 0.2) is 0 Å². The van der Waals surface area contributed by atoms with Crippen molar-refractivity contribution in [2.75, 3.05) is 45.5 Å². The number of hydrogen-bond donors (Lipinski definition) is 0. The number of amides is 1. The molecule has 0 aliphatic carbocycles. The van der Waals surface area contributed by atoms with Crippen molar-refractivity contribution in [1.82, 2.24) is 23.9 Å². The Bertz CT molecular complexity index is 785. The third kappa shape index (κ3) is 4.93. The van der Waals surface area contributed by atoms with Gasteiger partial charge in [-0.3, -0.25) is 9.48 Å². The molecule has 2 fully saturated rings. The fourth-order valence-corrected chi connectivity index (χ4v) is 5.47. The van der Waals surface area contributed by atoms with Crippen LogP contribution < -0.4 is 0 Å². The average Bonchev–Trinajstić information content (AvgIpc) is 3.37. The van der Waals surface area contributed by atoms with E-state index in [2.05, 4.69) is 10.00 Å². The smallest absolute Gasteiger partial charge is 0.257 e. The Labute approximate surface area is 168 Å². The van der Waals surface area contributed by atoms with E-state index in [4.69, 9.17) is 0 Å². The Morgan fingerprint density at radius 3 is 2.61 bits per heavy atom. The molecular formula is C19H33N5O3S. The van der Waals surface area contributed by atoms with Crippen LogP contribution in [0.25, 0.3) is 0 Å². The standard InChI is InChI=1S/C19H33N5O3S/c1-4-23-15-18(16(2)20-23)19(25)22-13-8-17(14-22)24(28(3,26)27)12-7-11-21-9-5-6-10-21/h15,17H,4-14H2,1-3H3. The molecule has 1 aromatic rings. The van der Waals surface area contributed by atoms with Gasteiger partial charge in [-0.25, -0.2) is 8.42 Å². The molecule has 3 heterocycles. The third-order valence-corrected chi connectivity index (χ3v) is 7.17. The summed E-state index contributed by atoms with van der Waals surface area (Å²) < 4.78 is 28.1. The molecular weight excluding hydrogens is 378 g/mol. The lowest BCUT2D eigenvalue weighted by atomic mass is 10.2. The van der Waals surface area contributed by atoms with Gasteiger partial charge in [0.25, 0.3) is 5.91 Å². The van der Waals surface area contributed by atoms with Crippen LogP contribution in [0.4, 0.5) is 0 Å². The Balaban J connectivity index is 1.61. The maximum atomic E-state index is 12.9. The largest absolute Gasteiger partial charge is 0.337 e. The summed E-state index contributed by atoms with van der Waals surface area (Å²) in [4.78, 5) is 17.1. The number of nitrogens with zero attached hydrogens (tertiary/aromatic N) is 5. The van der Waals surface area contributed by atoms with Crippen molar-refractivity contribution in [2.45, 2.75) is 52.1 Å². The van der Waals surface area contributed by atoms with Crippen molar-refractivity contribution in [3.8, 4) is 0 Å².